The van der Waals surface area contributed by atoms with E-state index in [0.717, 1.165) is 17.6 Å². The molecule has 1 aromatic carbocycles. The number of halogens is 1. The van der Waals surface area contributed by atoms with E-state index in [2.05, 4.69) is 33.4 Å². The molecule has 0 bridgehead atoms. The molecule has 0 aromatic heterocycles. The van der Waals surface area contributed by atoms with Gasteiger partial charge in [0.05, 0.1) is 6.54 Å². The largest absolute Gasteiger partial charge is 0.339 e. The van der Waals surface area contributed by atoms with Crippen molar-refractivity contribution in [1.82, 2.24) is 10.2 Å². The van der Waals surface area contributed by atoms with E-state index in [9.17, 15) is 4.79 Å². The first-order chi connectivity index (χ1) is 8.70. The molecule has 2 rings (SSSR count). The van der Waals surface area contributed by atoms with Crippen LogP contribution in [0.2, 0.25) is 0 Å². The molecule has 1 aliphatic rings. The Hall–Kier alpha value is -0.870. The van der Waals surface area contributed by atoms with Gasteiger partial charge in [-0.3, -0.25) is 4.79 Å². The van der Waals surface area contributed by atoms with Crippen molar-refractivity contribution in [3.8, 4) is 0 Å². The van der Waals surface area contributed by atoms with Gasteiger partial charge in [-0.25, -0.2) is 0 Å². The summed E-state index contributed by atoms with van der Waals surface area (Å²) in [4.78, 5) is 13.9. The summed E-state index contributed by atoms with van der Waals surface area (Å²) < 4.78 is 1.08. The summed E-state index contributed by atoms with van der Waals surface area (Å²) in [7, 11) is 0. The van der Waals surface area contributed by atoms with E-state index in [4.69, 9.17) is 0 Å². The van der Waals surface area contributed by atoms with Gasteiger partial charge in [-0.2, -0.15) is 0 Å². The predicted octanol–water partition coefficient (Wildman–Crippen LogP) is 2.55. The molecule has 1 aromatic rings. The molecule has 18 heavy (non-hydrogen) atoms. The average Bonchev–Trinajstić information content (AvgIpc) is 3.17. The van der Waals surface area contributed by atoms with Crippen molar-refractivity contribution in [3.63, 3.8) is 0 Å². The van der Waals surface area contributed by atoms with Gasteiger partial charge in [-0.05, 0) is 37.5 Å². The molecule has 0 spiro atoms. The third-order valence-electron chi connectivity index (χ3n) is 3.17. The zero-order valence-electron chi connectivity index (χ0n) is 10.7. The average molecular weight is 311 g/mol. The van der Waals surface area contributed by atoms with Gasteiger partial charge in [0.25, 0.3) is 0 Å². The van der Waals surface area contributed by atoms with Crippen LogP contribution in [0.3, 0.4) is 0 Å². The van der Waals surface area contributed by atoms with Crippen molar-refractivity contribution in [2.75, 3.05) is 13.1 Å². The molecule has 0 aliphatic heterocycles. The van der Waals surface area contributed by atoms with E-state index in [1.807, 2.05) is 24.0 Å². The quantitative estimate of drug-likeness (QED) is 0.876. The number of benzene rings is 1. The van der Waals surface area contributed by atoms with Crippen molar-refractivity contribution in [2.45, 2.75) is 32.4 Å². The van der Waals surface area contributed by atoms with E-state index < -0.39 is 0 Å². The lowest BCUT2D eigenvalue weighted by atomic mass is 10.2. The standard InChI is InChI=1S/C14H19BrN2O/c1-2-17(13-7-8-13)14(18)10-16-9-11-3-5-12(15)6-4-11/h3-6,13,16H,2,7-10H2,1H3. The lowest BCUT2D eigenvalue weighted by Crippen LogP contribution is -2.39. The SMILES string of the molecule is CCN(C(=O)CNCc1ccc(Br)cc1)C1CC1. The van der Waals surface area contributed by atoms with E-state index in [0.29, 0.717) is 12.6 Å². The topological polar surface area (TPSA) is 32.3 Å². The van der Waals surface area contributed by atoms with Crippen molar-refractivity contribution >= 4 is 21.8 Å². The molecule has 98 valence electrons. The number of nitrogens with one attached hydrogen (secondary N) is 1. The van der Waals surface area contributed by atoms with Crippen LogP contribution >= 0.6 is 15.9 Å². The Morgan fingerprint density at radius 3 is 2.61 bits per heavy atom. The highest BCUT2D eigenvalue weighted by molar-refractivity contribution is 9.10. The molecule has 0 unspecified atom stereocenters. The van der Waals surface area contributed by atoms with Gasteiger partial charge in [0.2, 0.25) is 5.91 Å². The van der Waals surface area contributed by atoms with Crippen molar-refractivity contribution in [2.24, 2.45) is 0 Å². The summed E-state index contributed by atoms with van der Waals surface area (Å²) in [6.45, 7) is 4.04. The van der Waals surface area contributed by atoms with E-state index in [1.54, 1.807) is 0 Å². The Morgan fingerprint density at radius 1 is 1.39 bits per heavy atom. The number of amides is 1. The Labute approximate surface area is 117 Å². The number of rotatable bonds is 6. The molecule has 1 aliphatic carbocycles. The number of likely N-dealkylation sites (N-methyl/N-ethyl adjacent to an activating group) is 1. The second-order valence-electron chi connectivity index (χ2n) is 4.64. The number of nitrogens with zero attached hydrogens (tertiary/aromatic N) is 1. The van der Waals surface area contributed by atoms with Crippen molar-refractivity contribution in [3.05, 3.63) is 34.3 Å². The fourth-order valence-corrected chi connectivity index (χ4v) is 2.31. The molecule has 0 radical (unpaired) electrons. The second-order valence-corrected chi connectivity index (χ2v) is 5.56. The van der Waals surface area contributed by atoms with Crippen LogP contribution in [0, 0.1) is 0 Å². The zero-order valence-corrected chi connectivity index (χ0v) is 12.2. The molecule has 0 atom stereocenters. The molecule has 1 saturated carbocycles. The fraction of sp³-hybridized carbons (Fsp3) is 0.500. The van der Waals surface area contributed by atoms with Crippen LogP contribution in [0.1, 0.15) is 25.3 Å². The lowest BCUT2D eigenvalue weighted by molar-refractivity contribution is -0.130. The maximum absolute atomic E-state index is 12.0. The smallest absolute Gasteiger partial charge is 0.236 e. The highest BCUT2D eigenvalue weighted by atomic mass is 79.9. The number of hydrogen-bond donors (Lipinski definition) is 1. The second kappa shape index (κ2) is 6.34. The maximum atomic E-state index is 12.0. The highest BCUT2D eigenvalue weighted by Crippen LogP contribution is 2.26. The molecule has 3 nitrogen and oxygen atoms in total. The van der Waals surface area contributed by atoms with Gasteiger partial charge in [0, 0.05) is 23.6 Å². The first-order valence-electron chi connectivity index (χ1n) is 6.45. The Balaban J connectivity index is 1.74. The monoisotopic (exact) mass is 310 g/mol. The number of carbonyl (C=O) groups is 1. The van der Waals surface area contributed by atoms with E-state index in [-0.39, 0.29) is 5.91 Å². The summed E-state index contributed by atoms with van der Waals surface area (Å²) >= 11 is 3.41. The Kier molecular flexibility index (Phi) is 4.78. The predicted molar refractivity (Wildman–Crippen MR) is 76.3 cm³/mol. The highest BCUT2D eigenvalue weighted by Gasteiger charge is 2.30. The van der Waals surface area contributed by atoms with Crippen LogP contribution in [0.15, 0.2) is 28.7 Å². The summed E-state index contributed by atoms with van der Waals surface area (Å²) in [5, 5.41) is 3.21. The van der Waals surface area contributed by atoms with Crippen LogP contribution in [0.4, 0.5) is 0 Å². The summed E-state index contributed by atoms with van der Waals surface area (Å²) in [6, 6.07) is 8.65. The minimum Gasteiger partial charge on any atom is -0.339 e. The van der Waals surface area contributed by atoms with Crippen LogP contribution < -0.4 is 5.32 Å². The Bertz CT molecular complexity index is 401. The molecule has 1 amide bonds. The molecule has 4 heteroatoms. The normalized spacial score (nSPS) is 14.6. The van der Waals surface area contributed by atoms with Gasteiger partial charge in [-0.1, -0.05) is 28.1 Å². The summed E-state index contributed by atoms with van der Waals surface area (Å²) in [5.74, 6) is 0.220. The lowest BCUT2D eigenvalue weighted by Gasteiger charge is -2.20. The van der Waals surface area contributed by atoms with Crippen LogP contribution in [-0.4, -0.2) is 29.9 Å². The molecular weight excluding hydrogens is 292 g/mol. The van der Waals surface area contributed by atoms with Crippen molar-refractivity contribution in [1.29, 1.82) is 0 Å². The first-order valence-corrected chi connectivity index (χ1v) is 7.24. The maximum Gasteiger partial charge on any atom is 0.236 e. The van der Waals surface area contributed by atoms with Gasteiger partial charge < -0.3 is 10.2 Å². The van der Waals surface area contributed by atoms with Crippen LogP contribution in [-0.2, 0) is 11.3 Å². The van der Waals surface area contributed by atoms with Gasteiger partial charge in [0.15, 0.2) is 0 Å². The number of hydrogen-bond acceptors (Lipinski definition) is 2. The fourth-order valence-electron chi connectivity index (χ4n) is 2.04. The van der Waals surface area contributed by atoms with Crippen molar-refractivity contribution < 1.29 is 4.79 Å². The van der Waals surface area contributed by atoms with E-state index in [1.165, 1.54) is 18.4 Å². The molecular formula is C14H19BrN2O. The number of carbonyl (C=O) groups excluding carboxylic acids is 1. The van der Waals surface area contributed by atoms with Gasteiger partial charge in [-0.15, -0.1) is 0 Å². The van der Waals surface area contributed by atoms with E-state index >= 15 is 0 Å². The minimum absolute atomic E-state index is 0.220. The molecule has 0 saturated heterocycles. The minimum atomic E-state index is 0.220. The van der Waals surface area contributed by atoms with Gasteiger partial charge >= 0.3 is 0 Å². The zero-order chi connectivity index (χ0) is 13.0. The first kappa shape index (κ1) is 13.6. The molecule has 1 fully saturated rings. The summed E-state index contributed by atoms with van der Waals surface area (Å²) in [5.41, 5.74) is 1.19. The van der Waals surface area contributed by atoms with Gasteiger partial charge in [0.1, 0.15) is 0 Å². The molecule has 1 N–H and O–H groups in total. The molecule has 0 heterocycles. The van der Waals surface area contributed by atoms with Crippen LogP contribution in [0.5, 0.6) is 0 Å². The Morgan fingerprint density at radius 2 is 2.06 bits per heavy atom. The van der Waals surface area contributed by atoms with Crippen LogP contribution in [0.25, 0.3) is 0 Å². The summed E-state index contributed by atoms with van der Waals surface area (Å²) in [6.07, 6.45) is 2.35. The third-order valence-corrected chi connectivity index (χ3v) is 3.70. The third kappa shape index (κ3) is 3.82.